The molecule has 1 amide bonds. The predicted molar refractivity (Wildman–Crippen MR) is 118 cm³/mol. The summed E-state index contributed by atoms with van der Waals surface area (Å²) in [7, 11) is 3.73. The first kappa shape index (κ1) is 19.8. The molecule has 7 heteroatoms. The minimum Gasteiger partial charge on any atom is -0.497 e. The lowest BCUT2D eigenvalue weighted by molar-refractivity contribution is 0.102. The number of ether oxygens (including phenoxy) is 1. The number of hydrogen-bond donors (Lipinski definition) is 1. The van der Waals surface area contributed by atoms with Gasteiger partial charge in [-0.05, 0) is 55.6 Å². The van der Waals surface area contributed by atoms with Gasteiger partial charge in [-0.25, -0.2) is 0 Å². The number of rotatable bonds is 5. The van der Waals surface area contributed by atoms with Crippen molar-refractivity contribution in [2.75, 3.05) is 50.6 Å². The number of likely N-dealkylation sites (N-methyl/N-ethyl adjacent to an activating group) is 1. The van der Waals surface area contributed by atoms with Crippen molar-refractivity contribution < 1.29 is 9.53 Å². The zero-order valence-corrected chi connectivity index (χ0v) is 17.2. The average molecular weight is 403 g/mol. The Hall–Kier alpha value is -3.45. The standard InChI is InChI=1S/C23H25N5O2/c1-27-13-15-28(16-14-27)22-12-11-21(25-26-22)17-3-7-19(8-4-17)24-23(29)18-5-9-20(30-2)10-6-18/h3-12H,13-16H2,1-2H3,(H,24,29). The number of amides is 1. The first-order valence-corrected chi connectivity index (χ1v) is 9.95. The smallest absolute Gasteiger partial charge is 0.255 e. The van der Waals surface area contributed by atoms with Crippen LogP contribution in [-0.2, 0) is 0 Å². The van der Waals surface area contributed by atoms with Crippen LogP contribution in [0.25, 0.3) is 11.3 Å². The summed E-state index contributed by atoms with van der Waals surface area (Å²) >= 11 is 0. The van der Waals surface area contributed by atoms with Crippen molar-refractivity contribution in [3.63, 3.8) is 0 Å². The lowest BCUT2D eigenvalue weighted by Gasteiger charge is -2.32. The monoisotopic (exact) mass is 403 g/mol. The van der Waals surface area contributed by atoms with E-state index in [-0.39, 0.29) is 5.91 Å². The largest absolute Gasteiger partial charge is 0.497 e. The number of aromatic nitrogens is 2. The third-order valence-corrected chi connectivity index (χ3v) is 5.27. The van der Waals surface area contributed by atoms with E-state index in [2.05, 4.69) is 32.4 Å². The van der Waals surface area contributed by atoms with E-state index in [0.29, 0.717) is 5.56 Å². The molecule has 1 aliphatic heterocycles. The molecule has 3 aromatic rings. The Labute approximate surface area is 176 Å². The van der Waals surface area contributed by atoms with E-state index in [4.69, 9.17) is 4.74 Å². The Balaban J connectivity index is 1.39. The molecule has 1 N–H and O–H groups in total. The van der Waals surface area contributed by atoms with E-state index >= 15 is 0 Å². The summed E-state index contributed by atoms with van der Waals surface area (Å²) in [5.41, 5.74) is 3.06. The lowest BCUT2D eigenvalue weighted by atomic mass is 10.1. The zero-order valence-electron chi connectivity index (χ0n) is 17.2. The highest BCUT2D eigenvalue weighted by atomic mass is 16.5. The fourth-order valence-corrected chi connectivity index (χ4v) is 3.35. The molecule has 0 atom stereocenters. The summed E-state index contributed by atoms with van der Waals surface area (Å²) in [5.74, 6) is 1.47. The molecule has 1 aromatic heterocycles. The van der Waals surface area contributed by atoms with Gasteiger partial charge in [-0.1, -0.05) is 12.1 Å². The van der Waals surface area contributed by atoms with E-state index in [9.17, 15) is 4.79 Å². The summed E-state index contributed by atoms with van der Waals surface area (Å²) in [6.45, 7) is 4.00. The zero-order chi connectivity index (χ0) is 20.9. The van der Waals surface area contributed by atoms with Crippen LogP contribution in [0.3, 0.4) is 0 Å². The second-order valence-corrected chi connectivity index (χ2v) is 7.33. The van der Waals surface area contributed by atoms with Gasteiger partial charge in [0.1, 0.15) is 5.75 Å². The number of carbonyl (C=O) groups is 1. The van der Waals surface area contributed by atoms with Crippen molar-refractivity contribution in [3.05, 3.63) is 66.2 Å². The summed E-state index contributed by atoms with van der Waals surface area (Å²) in [6.07, 6.45) is 0. The van der Waals surface area contributed by atoms with Crippen LogP contribution in [0.5, 0.6) is 5.75 Å². The van der Waals surface area contributed by atoms with Crippen LogP contribution < -0.4 is 15.0 Å². The maximum atomic E-state index is 12.4. The second kappa shape index (κ2) is 8.92. The van der Waals surface area contributed by atoms with Crippen molar-refractivity contribution in [2.24, 2.45) is 0 Å². The first-order valence-electron chi connectivity index (χ1n) is 9.95. The average Bonchev–Trinajstić information content (AvgIpc) is 2.80. The van der Waals surface area contributed by atoms with Crippen molar-refractivity contribution >= 4 is 17.4 Å². The van der Waals surface area contributed by atoms with Crippen LogP contribution in [0.15, 0.2) is 60.7 Å². The highest BCUT2D eigenvalue weighted by Gasteiger charge is 2.15. The van der Waals surface area contributed by atoms with Gasteiger partial charge in [-0.15, -0.1) is 10.2 Å². The molecule has 2 aromatic carbocycles. The van der Waals surface area contributed by atoms with Gasteiger partial charge in [0, 0.05) is 43.0 Å². The third kappa shape index (κ3) is 4.58. The lowest BCUT2D eigenvalue weighted by Crippen LogP contribution is -2.44. The molecule has 4 rings (SSSR count). The van der Waals surface area contributed by atoms with Gasteiger partial charge in [0.15, 0.2) is 5.82 Å². The molecule has 7 nitrogen and oxygen atoms in total. The Morgan fingerprint density at radius 2 is 1.60 bits per heavy atom. The van der Waals surface area contributed by atoms with E-state index in [1.165, 1.54) is 0 Å². The summed E-state index contributed by atoms with van der Waals surface area (Å²) in [6, 6.07) is 18.6. The number of anilines is 2. The molecule has 0 radical (unpaired) electrons. The molecule has 30 heavy (non-hydrogen) atoms. The van der Waals surface area contributed by atoms with E-state index in [0.717, 1.165) is 54.7 Å². The van der Waals surface area contributed by atoms with Crippen molar-refractivity contribution in [1.82, 2.24) is 15.1 Å². The van der Waals surface area contributed by atoms with E-state index in [1.807, 2.05) is 36.4 Å². The van der Waals surface area contributed by atoms with Crippen molar-refractivity contribution in [3.8, 4) is 17.0 Å². The normalized spacial score (nSPS) is 14.4. The van der Waals surface area contributed by atoms with Gasteiger partial charge in [-0.2, -0.15) is 0 Å². The molecule has 2 heterocycles. The Bertz CT molecular complexity index is 980. The predicted octanol–water partition coefficient (Wildman–Crippen LogP) is 3.16. The van der Waals surface area contributed by atoms with E-state index in [1.54, 1.807) is 31.4 Å². The summed E-state index contributed by atoms with van der Waals surface area (Å²) in [4.78, 5) is 17.0. The number of benzene rings is 2. The molecule has 154 valence electrons. The molecule has 0 spiro atoms. The minimum atomic E-state index is -0.165. The number of nitrogens with one attached hydrogen (secondary N) is 1. The first-order chi connectivity index (χ1) is 14.6. The van der Waals surface area contributed by atoms with Gasteiger partial charge in [0.2, 0.25) is 0 Å². The SMILES string of the molecule is COc1ccc(C(=O)Nc2ccc(-c3ccc(N4CCN(C)CC4)nn3)cc2)cc1. The van der Waals surface area contributed by atoms with Crippen molar-refractivity contribution in [2.45, 2.75) is 0 Å². The van der Waals surface area contributed by atoms with Crippen LogP contribution in [0.2, 0.25) is 0 Å². The molecule has 0 unspecified atom stereocenters. The molecule has 1 saturated heterocycles. The fourth-order valence-electron chi connectivity index (χ4n) is 3.35. The van der Waals surface area contributed by atoms with Gasteiger partial charge in [-0.3, -0.25) is 4.79 Å². The van der Waals surface area contributed by atoms with Crippen molar-refractivity contribution in [1.29, 1.82) is 0 Å². The topological polar surface area (TPSA) is 70.6 Å². The molecular formula is C23H25N5O2. The Morgan fingerprint density at radius 1 is 0.900 bits per heavy atom. The Kier molecular flexibility index (Phi) is 5.90. The minimum absolute atomic E-state index is 0.165. The summed E-state index contributed by atoms with van der Waals surface area (Å²) in [5, 5.41) is 11.7. The molecule has 0 saturated carbocycles. The highest BCUT2D eigenvalue weighted by Crippen LogP contribution is 2.22. The fraction of sp³-hybridized carbons (Fsp3) is 0.261. The second-order valence-electron chi connectivity index (χ2n) is 7.33. The third-order valence-electron chi connectivity index (χ3n) is 5.27. The number of piperazine rings is 1. The Morgan fingerprint density at radius 3 is 2.20 bits per heavy atom. The number of nitrogens with zero attached hydrogens (tertiary/aromatic N) is 4. The number of hydrogen-bond acceptors (Lipinski definition) is 6. The highest BCUT2D eigenvalue weighted by molar-refractivity contribution is 6.04. The van der Waals surface area contributed by atoms with Crippen LogP contribution in [0.1, 0.15) is 10.4 Å². The molecular weight excluding hydrogens is 378 g/mol. The molecule has 1 fully saturated rings. The number of methoxy groups -OCH3 is 1. The van der Waals surface area contributed by atoms with Crippen LogP contribution in [0, 0.1) is 0 Å². The number of carbonyl (C=O) groups excluding carboxylic acids is 1. The summed E-state index contributed by atoms with van der Waals surface area (Å²) < 4.78 is 5.12. The van der Waals surface area contributed by atoms with Crippen LogP contribution >= 0.6 is 0 Å². The van der Waals surface area contributed by atoms with Crippen LogP contribution in [0.4, 0.5) is 11.5 Å². The molecule has 1 aliphatic rings. The van der Waals surface area contributed by atoms with Crippen LogP contribution in [-0.4, -0.2) is 61.3 Å². The van der Waals surface area contributed by atoms with Gasteiger partial charge in [0.05, 0.1) is 12.8 Å². The maximum Gasteiger partial charge on any atom is 0.255 e. The maximum absolute atomic E-state index is 12.4. The van der Waals surface area contributed by atoms with Gasteiger partial charge < -0.3 is 19.9 Å². The molecule has 0 bridgehead atoms. The van der Waals surface area contributed by atoms with E-state index < -0.39 is 0 Å². The van der Waals surface area contributed by atoms with Gasteiger partial charge >= 0.3 is 0 Å². The molecule has 0 aliphatic carbocycles. The van der Waals surface area contributed by atoms with Gasteiger partial charge in [0.25, 0.3) is 5.91 Å². The quantitative estimate of drug-likeness (QED) is 0.706.